The zero-order valence-corrected chi connectivity index (χ0v) is 11.6. The van der Waals surface area contributed by atoms with Gasteiger partial charge >= 0.3 is 0 Å². The highest BCUT2D eigenvalue weighted by atomic mass is 35.5. The minimum absolute atomic E-state index is 0.0543. The Labute approximate surface area is 122 Å². The lowest BCUT2D eigenvalue weighted by Crippen LogP contribution is -2.38. The molecule has 1 aromatic carbocycles. The van der Waals surface area contributed by atoms with Gasteiger partial charge in [-0.15, -0.1) is 0 Å². The van der Waals surface area contributed by atoms with Crippen LogP contribution in [0, 0.1) is 23.7 Å². The summed E-state index contributed by atoms with van der Waals surface area (Å²) in [6.07, 6.45) is 6.29. The minimum Gasteiger partial charge on any atom is -0.274 e. The van der Waals surface area contributed by atoms with Crippen molar-refractivity contribution < 1.29 is 9.59 Å². The Kier molecular flexibility index (Phi) is 2.55. The highest BCUT2D eigenvalue weighted by Crippen LogP contribution is 2.50. The van der Waals surface area contributed by atoms with Gasteiger partial charge in [0.25, 0.3) is 0 Å². The number of hydrogen-bond donors (Lipinski definition) is 0. The number of rotatable bonds is 1. The lowest BCUT2D eigenvalue weighted by molar-refractivity contribution is -0.124. The Morgan fingerprint density at radius 2 is 1.60 bits per heavy atom. The van der Waals surface area contributed by atoms with Gasteiger partial charge in [0.1, 0.15) is 0 Å². The molecule has 4 heteroatoms. The van der Waals surface area contributed by atoms with E-state index in [4.69, 9.17) is 11.6 Å². The molecule has 102 valence electrons. The van der Waals surface area contributed by atoms with Gasteiger partial charge in [0.2, 0.25) is 11.8 Å². The van der Waals surface area contributed by atoms with Crippen LogP contribution in [0.5, 0.6) is 0 Å². The molecule has 1 saturated heterocycles. The predicted molar refractivity (Wildman–Crippen MR) is 76.3 cm³/mol. The molecule has 3 aliphatic carbocycles. The first-order chi connectivity index (χ1) is 9.66. The van der Waals surface area contributed by atoms with E-state index in [9.17, 15) is 9.59 Å². The van der Waals surface area contributed by atoms with Gasteiger partial charge in [-0.25, -0.2) is 4.90 Å². The lowest BCUT2D eigenvalue weighted by Gasteiger charge is -2.38. The van der Waals surface area contributed by atoms with E-state index >= 15 is 0 Å². The highest BCUT2D eigenvalue weighted by Gasteiger charge is 2.56. The normalized spacial score (nSPS) is 34.8. The number of imide groups is 1. The van der Waals surface area contributed by atoms with Crippen LogP contribution >= 0.6 is 11.6 Å². The molecular formula is C16H14ClNO2. The fraction of sp³-hybridized carbons (Fsp3) is 0.375. The van der Waals surface area contributed by atoms with Crippen LogP contribution < -0.4 is 4.90 Å². The van der Waals surface area contributed by atoms with E-state index in [2.05, 4.69) is 12.2 Å². The van der Waals surface area contributed by atoms with E-state index in [0.29, 0.717) is 10.7 Å². The molecule has 0 spiro atoms. The molecule has 1 saturated carbocycles. The van der Waals surface area contributed by atoms with Crippen molar-refractivity contribution in [2.75, 3.05) is 4.90 Å². The molecule has 1 heterocycles. The second kappa shape index (κ2) is 4.19. The number of fused-ring (bicyclic) bond motifs is 1. The van der Waals surface area contributed by atoms with Crippen LogP contribution in [0.3, 0.4) is 0 Å². The van der Waals surface area contributed by atoms with Crippen LogP contribution in [0.15, 0.2) is 36.4 Å². The van der Waals surface area contributed by atoms with Crippen LogP contribution in [-0.4, -0.2) is 11.8 Å². The number of allylic oxidation sites excluding steroid dienone is 2. The molecule has 4 atom stereocenters. The fourth-order valence-electron chi connectivity index (χ4n) is 3.94. The van der Waals surface area contributed by atoms with Crippen molar-refractivity contribution in [2.45, 2.75) is 12.8 Å². The van der Waals surface area contributed by atoms with Crippen LogP contribution in [0.25, 0.3) is 0 Å². The summed E-state index contributed by atoms with van der Waals surface area (Å²) in [6.45, 7) is 0. The summed E-state index contributed by atoms with van der Waals surface area (Å²) in [7, 11) is 0. The van der Waals surface area contributed by atoms with Crippen LogP contribution in [0.1, 0.15) is 12.8 Å². The third-order valence-electron chi connectivity index (χ3n) is 4.83. The summed E-state index contributed by atoms with van der Waals surface area (Å²) in [4.78, 5) is 26.7. The quantitative estimate of drug-likeness (QED) is 0.588. The summed E-state index contributed by atoms with van der Waals surface area (Å²) in [5.41, 5.74) is 0.598. The van der Waals surface area contributed by atoms with Crippen molar-refractivity contribution in [1.82, 2.24) is 0 Å². The molecule has 0 radical (unpaired) electrons. The molecule has 5 rings (SSSR count). The highest BCUT2D eigenvalue weighted by molar-refractivity contribution is 6.31. The van der Waals surface area contributed by atoms with Gasteiger partial charge in [-0.3, -0.25) is 9.59 Å². The van der Waals surface area contributed by atoms with E-state index in [1.165, 1.54) is 4.90 Å². The average Bonchev–Trinajstić information content (AvgIpc) is 2.74. The van der Waals surface area contributed by atoms with Gasteiger partial charge in [-0.05, 0) is 42.9 Å². The van der Waals surface area contributed by atoms with Gasteiger partial charge in [-0.2, -0.15) is 0 Å². The van der Waals surface area contributed by atoms with E-state index in [1.54, 1.807) is 24.3 Å². The lowest BCUT2D eigenvalue weighted by atomic mass is 9.63. The Morgan fingerprint density at radius 1 is 1.00 bits per heavy atom. The zero-order chi connectivity index (χ0) is 13.9. The van der Waals surface area contributed by atoms with Gasteiger partial charge in [0, 0.05) is 5.02 Å². The molecule has 20 heavy (non-hydrogen) atoms. The number of amides is 2. The standard InChI is InChI=1S/C16H14ClNO2/c17-11-2-1-3-12(8-11)18-15(19)13-9-4-5-10(7-6-9)14(13)16(18)20/h1-5,8-10,13-14H,6-7H2/t9-,10-,13+,14+/m1/s1. The molecule has 0 N–H and O–H groups in total. The second-order valence-corrected chi connectivity index (χ2v) is 6.27. The Morgan fingerprint density at radius 3 is 2.10 bits per heavy atom. The first-order valence-electron chi connectivity index (χ1n) is 6.98. The molecule has 2 bridgehead atoms. The maximum atomic E-state index is 12.7. The number of benzene rings is 1. The van der Waals surface area contributed by atoms with Crippen molar-refractivity contribution in [3.8, 4) is 0 Å². The molecule has 1 aromatic rings. The van der Waals surface area contributed by atoms with Gasteiger partial charge in [0.05, 0.1) is 17.5 Å². The summed E-state index contributed by atoms with van der Waals surface area (Å²) in [5, 5.41) is 0.541. The van der Waals surface area contributed by atoms with Crippen molar-refractivity contribution in [3.63, 3.8) is 0 Å². The number of hydrogen-bond acceptors (Lipinski definition) is 2. The summed E-state index contributed by atoms with van der Waals surface area (Å²) >= 11 is 5.98. The summed E-state index contributed by atoms with van der Waals surface area (Å²) in [6, 6.07) is 6.97. The number of anilines is 1. The van der Waals surface area contributed by atoms with Crippen molar-refractivity contribution in [2.24, 2.45) is 23.7 Å². The minimum atomic E-state index is -0.162. The van der Waals surface area contributed by atoms with E-state index in [-0.39, 0.29) is 35.5 Å². The van der Waals surface area contributed by atoms with Crippen molar-refractivity contribution >= 4 is 29.1 Å². The van der Waals surface area contributed by atoms with Crippen LogP contribution in [-0.2, 0) is 9.59 Å². The monoisotopic (exact) mass is 287 g/mol. The Hall–Kier alpha value is -1.61. The number of halogens is 1. The van der Waals surface area contributed by atoms with E-state index in [1.807, 2.05) is 0 Å². The molecule has 0 unspecified atom stereocenters. The Balaban J connectivity index is 1.77. The van der Waals surface area contributed by atoms with E-state index < -0.39 is 0 Å². The summed E-state index contributed by atoms with van der Waals surface area (Å²) < 4.78 is 0. The molecule has 4 aliphatic rings. The van der Waals surface area contributed by atoms with Crippen LogP contribution in [0.2, 0.25) is 5.02 Å². The largest absolute Gasteiger partial charge is 0.274 e. The van der Waals surface area contributed by atoms with Crippen molar-refractivity contribution in [3.05, 3.63) is 41.4 Å². The topological polar surface area (TPSA) is 37.4 Å². The molecule has 3 nitrogen and oxygen atoms in total. The third kappa shape index (κ3) is 1.53. The SMILES string of the molecule is O=C1[C@@H]2[C@@H](C(=O)N1c1cccc(Cl)c1)[C@@H]1C=C[C@@H]2CC1. The molecule has 2 fully saturated rings. The maximum Gasteiger partial charge on any atom is 0.238 e. The smallest absolute Gasteiger partial charge is 0.238 e. The first kappa shape index (κ1) is 12.2. The maximum absolute atomic E-state index is 12.7. The van der Waals surface area contributed by atoms with Gasteiger partial charge in [-0.1, -0.05) is 29.8 Å². The zero-order valence-electron chi connectivity index (χ0n) is 10.8. The molecular weight excluding hydrogens is 274 g/mol. The first-order valence-corrected chi connectivity index (χ1v) is 7.36. The fourth-order valence-corrected chi connectivity index (χ4v) is 4.13. The molecule has 0 aromatic heterocycles. The second-order valence-electron chi connectivity index (χ2n) is 5.83. The van der Waals surface area contributed by atoms with E-state index in [0.717, 1.165) is 12.8 Å². The van der Waals surface area contributed by atoms with Gasteiger partial charge < -0.3 is 0 Å². The average molecular weight is 288 g/mol. The Bertz CT molecular complexity index is 607. The third-order valence-corrected chi connectivity index (χ3v) is 5.06. The number of carbonyl (C=O) groups excluding carboxylic acids is 2. The number of nitrogens with zero attached hydrogens (tertiary/aromatic N) is 1. The molecule has 2 amide bonds. The van der Waals surface area contributed by atoms with Crippen LogP contribution in [0.4, 0.5) is 5.69 Å². The number of carbonyl (C=O) groups is 2. The predicted octanol–water partition coefficient (Wildman–Crippen LogP) is 3.04. The van der Waals surface area contributed by atoms with Crippen molar-refractivity contribution in [1.29, 1.82) is 0 Å². The summed E-state index contributed by atoms with van der Waals surface area (Å²) in [5.74, 6) is 0.0226. The van der Waals surface area contributed by atoms with Gasteiger partial charge in [0.15, 0.2) is 0 Å². The molecule has 1 aliphatic heterocycles.